The number of likely N-dealkylation sites (tertiary alicyclic amines) is 1. The van der Waals surface area contributed by atoms with Crippen LogP contribution in [0.25, 0.3) is 0 Å². The van der Waals surface area contributed by atoms with E-state index in [-0.39, 0.29) is 18.2 Å². The van der Waals surface area contributed by atoms with Crippen LogP contribution in [0.5, 0.6) is 5.75 Å². The Bertz CT molecular complexity index is 864. The van der Waals surface area contributed by atoms with Gasteiger partial charge in [0.2, 0.25) is 0 Å². The van der Waals surface area contributed by atoms with Crippen molar-refractivity contribution in [2.24, 2.45) is 0 Å². The quantitative estimate of drug-likeness (QED) is 0.705. The van der Waals surface area contributed by atoms with Crippen molar-refractivity contribution in [3.05, 3.63) is 96.3 Å². The third kappa shape index (κ3) is 4.93. The summed E-state index contributed by atoms with van der Waals surface area (Å²) in [5, 5.41) is 3.23. The lowest BCUT2D eigenvalue weighted by Crippen LogP contribution is -2.49. The molecule has 0 unspecified atom stereocenters. The lowest BCUT2D eigenvalue weighted by molar-refractivity contribution is 0.100. The van der Waals surface area contributed by atoms with Crippen LogP contribution < -0.4 is 10.1 Å². The van der Waals surface area contributed by atoms with Crippen LogP contribution in [-0.2, 0) is 0 Å². The highest BCUT2D eigenvalue weighted by Gasteiger charge is 2.27. The molecule has 5 heteroatoms. The van der Waals surface area contributed by atoms with E-state index in [0.717, 1.165) is 36.3 Å². The zero-order chi connectivity index (χ0) is 19.9. The van der Waals surface area contributed by atoms with Gasteiger partial charge in [0, 0.05) is 18.9 Å². The van der Waals surface area contributed by atoms with Gasteiger partial charge < -0.3 is 15.0 Å². The Labute approximate surface area is 171 Å². The number of aromatic nitrogens is 1. The topological polar surface area (TPSA) is 54.5 Å². The molecule has 1 saturated heterocycles. The van der Waals surface area contributed by atoms with Gasteiger partial charge in [0.1, 0.15) is 11.9 Å². The maximum absolute atomic E-state index is 13.1. The van der Waals surface area contributed by atoms with E-state index in [4.69, 9.17) is 4.74 Å². The van der Waals surface area contributed by atoms with Crippen molar-refractivity contribution in [3.8, 4) is 5.75 Å². The van der Waals surface area contributed by atoms with E-state index in [9.17, 15) is 4.79 Å². The molecule has 1 atom stereocenters. The molecular formula is C24H25N3O2. The number of hydrogen-bond donors (Lipinski definition) is 1. The first kappa shape index (κ1) is 19.0. The summed E-state index contributed by atoms with van der Waals surface area (Å²) in [6.07, 6.45) is 5.28. The average Bonchev–Trinajstić information content (AvgIpc) is 2.79. The summed E-state index contributed by atoms with van der Waals surface area (Å²) in [4.78, 5) is 19.0. The Kier molecular flexibility index (Phi) is 6.05. The van der Waals surface area contributed by atoms with Gasteiger partial charge in [-0.15, -0.1) is 0 Å². The number of nitrogens with one attached hydrogen (secondary N) is 1. The van der Waals surface area contributed by atoms with Gasteiger partial charge in [-0.2, -0.15) is 0 Å². The maximum Gasteiger partial charge on any atom is 0.318 e. The number of urea groups is 1. The van der Waals surface area contributed by atoms with Crippen molar-refractivity contribution >= 4 is 6.03 Å². The van der Waals surface area contributed by atoms with E-state index >= 15 is 0 Å². The first-order chi connectivity index (χ1) is 14.3. The molecule has 29 heavy (non-hydrogen) atoms. The summed E-state index contributed by atoms with van der Waals surface area (Å²) in [6.45, 7) is 1.31. The standard InChI is InChI=1S/C24H25N3O2/c28-24(27-17-7-12-22(18-27)29-21-13-15-25-16-14-21)26-23(19-8-3-1-4-9-19)20-10-5-2-6-11-20/h1-6,8-11,13-16,22-23H,7,12,17-18H2,(H,26,28)/t22-/m1/s1. The molecule has 1 aliphatic heterocycles. The normalized spacial score (nSPS) is 16.4. The minimum atomic E-state index is -0.189. The molecule has 2 heterocycles. The Morgan fingerprint density at radius 3 is 2.21 bits per heavy atom. The number of amides is 2. The molecule has 2 aromatic carbocycles. The molecule has 0 saturated carbocycles. The summed E-state index contributed by atoms with van der Waals surface area (Å²) in [5.41, 5.74) is 2.13. The molecule has 148 valence electrons. The summed E-state index contributed by atoms with van der Waals surface area (Å²) < 4.78 is 6.05. The number of carbonyl (C=O) groups is 1. The van der Waals surface area contributed by atoms with Crippen molar-refractivity contribution in [1.82, 2.24) is 15.2 Å². The Morgan fingerprint density at radius 2 is 1.59 bits per heavy atom. The molecule has 3 aromatic rings. The van der Waals surface area contributed by atoms with E-state index in [0.29, 0.717) is 6.54 Å². The number of rotatable bonds is 5. The first-order valence-electron chi connectivity index (χ1n) is 10.0. The molecule has 2 amide bonds. The van der Waals surface area contributed by atoms with Crippen molar-refractivity contribution in [2.45, 2.75) is 25.0 Å². The highest BCUT2D eigenvalue weighted by molar-refractivity contribution is 5.75. The van der Waals surface area contributed by atoms with Crippen LogP contribution >= 0.6 is 0 Å². The van der Waals surface area contributed by atoms with Crippen molar-refractivity contribution in [2.75, 3.05) is 13.1 Å². The number of hydrogen-bond acceptors (Lipinski definition) is 3. The van der Waals surface area contributed by atoms with Crippen LogP contribution in [0.15, 0.2) is 85.2 Å². The van der Waals surface area contributed by atoms with Gasteiger partial charge >= 0.3 is 6.03 Å². The van der Waals surface area contributed by atoms with Crippen molar-refractivity contribution in [1.29, 1.82) is 0 Å². The molecule has 1 fully saturated rings. The second kappa shape index (κ2) is 9.24. The fourth-order valence-electron chi connectivity index (χ4n) is 3.69. The van der Waals surface area contributed by atoms with Crippen molar-refractivity contribution in [3.63, 3.8) is 0 Å². The summed E-state index contributed by atoms with van der Waals surface area (Å²) in [5.74, 6) is 0.790. The van der Waals surface area contributed by atoms with Gasteiger partial charge in [0.25, 0.3) is 0 Å². The van der Waals surface area contributed by atoms with E-state index in [1.54, 1.807) is 12.4 Å². The molecule has 0 bridgehead atoms. The second-order valence-corrected chi connectivity index (χ2v) is 7.21. The van der Waals surface area contributed by atoms with Crippen LogP contribution in [0.2, 0.25) is 0 Å². The molecule has 0 aliphatic carbocycles. The molecule has 5 nitrogen and oxygen atoms in total. The summed E-state index contributed by atoms with van der Waals surface area (Å²) >= 11 is 0. The zero-order valence-corrected chi connectivity index (χ0v) is 16.3. The number of nitrogens with zero attached hydrogens (tertiary/aromatic N) is 2. The van der Waals surface area contributed by atoms with E-state index in [2.05, 4.69) is 10.3 Å². The minimum absolute atomic E-state index is 0.0104. The van der Waals surface area contributed by atoms with E-state index < -0.39 is 0 Å². The predicted molar refractivity (Wildman–Crippen MR) is 113 cm³/mol. The van der Waals surface area contributed by atoms with Crippen LogP contribution in [0.3, 0.4) is 0 Å². The molecule has 0 radical (unpaired) electrons. The predicted octanol–water partition coefficient (Wildman–Crippen LogP) is 4.42. The number of ether oxygens (including phenoxy) is 1. The largest absolute Gasteiger partial charge is 0.488 e. The average molecular weight is 387 g/mol. The maximum atomic E-state index is 13.1. The molecular weight excluding hydrogens is 362 g/mol. The summed E-state index contributed by atoms with van der Waals surface area (Å²) in [6, 6.07) is 23.6. The van der Waals surface area contributed by atoms with Crippen LogP contribution in [0, 0.1) is 0 Å². The lowest BCUT2D eigenvalue weighted by atomic mass is 9.99. The SMILES string of the molecule is O=C(NC(c1ccccc1)c1ccccc1)N1CCC[C@@H](Oc2ccncc2)C1. The van der Waals surface area contributed by atoms with Crippen LogP contribution in [0.4, 0.5) is 4.79 Å². The number of carbonyl (C=O) groups excluding carboxylic acids is 1. The molecule has 1 N–H and O–H groups in total. The van der Waals surface area contributed by atoms with Gasteiger partial charge in [0.15, 0.2) is 0 Å². The Morgan fingerprint density at radius 1 is 0.966 bits per heavy atom. The molecule has 0 spiro atoms. The third-order valence-electron chi connectivity index (χ3n) is 5.15. The highest BCUT2D eigenvalue weighted by atomic mass is 16.5. The Balaban J connectivity index is 1.46. The second-order valence-electron chi connectivity index (χ2n) is 7.21. The van der Waals surface area contributed by atoms with Crippen LogP contribution in [0.1, 0.15) is 30.0 Å². The smallest absolute Gasteiger partial charge is 0.318 e. The number of pyridine rings is 1. The molecule has 4 rings (SSSR count). The Hall–Kier alpha value is -3.34. The van der Waals surface area contributed by atoms with Gasteiger partial charge in [-0.05, 0) is 36.1 Å². The minimum Gasteiger partial charge on any atom is -0.488 e. The molecule has 1 aromatic heterocycles. The van der Waals surface area contributed by atoms with Gasteiger partial charge in [-0.3, -0.25) is 4.98 Å². The van der Waals surface area contributed by atoms with Gasteiger partial charge in [-0.1, -0.05) is 60.7 Å². The molecule has 1 aliphatic rings. The summed E-state index contributed by atoms with van der Waals surface area (Å²) in [7, 11) is 0. The highest BCUT2D eigenvalue weighted by Crippen LogP contribution is 2.23. The van der Waals surface area contributed by atoms with Gasteiger partial charge in [0.05, 0.1) is 12.6 Å². The third-order valence-corrected chi connectivity index (χ3v) is 5.15. The first-order valence-corrected chi connectivity index (χ1v) is 10.0. The van der Waals surface area contributed by atoms with Gasteiger partial charge in [-0.25, -0.2) is 4.79 Å². The van der Waals surface area contributed by atoms with Crippen LogP contribution in [-0.4, -0.2) is 35.1 Å². The fourth-order valence-corrected chi connectivity index (χ4v) is 3.69. The fraction of sp³-hybridized carbons (Fsp3) is 0.250. The number of benzene rings is 2. The van der Waals surface area contributed by atoms with E-state index in [1.807, 2.05) is 77.7 Å². The lowest BCUT2D eigenvalue weighted by Gasteiger charge is -2.34. The number of piperidine rings is 1. The van der Waals surface area contributed by atoms with E-state index in [1.165, 1.54) is 0 Å². The van der Waals surface area contributed by atoms with Crippen molar-refractivity contribution < 1.29 is 9.53 Å². The monoisotopic (exact) mass is 387 g/mol. The zero-order valence-electron chi connectivity index (χ0n) is 16.3.